The molecule has 3 heterocycles. The van der Waals surface area contributed by atoms with Crippen LogP contribution < -0.4 is 5.32 Å². The number of carbonyl (C=O) groups excluding carboxylic acids is 1. The molecule has 11 heteroatoms. The van der Waals surface area contributed by atoms with Crippen molar-refractivity contribution in [1.29, 1.82) is 0 Å². The van der Waals surface area contributed by atoms with Crippen LogP contribution in [-0.2, 0) is 14.3 Å². The van der Waals surface area contributed by atoms with Crippen LogP contribution >= 0.6 is 11.8 Å². The van der Waals surface area contributed by atoms with Crippen LogP contribution in [0, 0.1) is 17.8 Å². The quantitative estimate of drug-likeness (QED) is 0.241. The Morgan fingerprint density at radius 3 is 2.53 bits per heavy atom. The molecule has 3 rings (SSSR count). The number of amides is 2. The SMILES string of the molecule is C=CCC[C@@H](NC(=O)[C@@H]1[C@@H]2OCC[C@@H](CC(C)C)C[C@H]2CN1C(=O)O)[C@H]1O[C@H](SCC=C)[C@H](O)[C@@H](O)[C@H]1O. The van der Waals surface area contributed by atoms with Crippen molar-refractivity contribution in [3.63, 3.8) is 0 Å². The average molecular weight is 557 g/mol. The molecule has 0 saturated carbocycles. The fraction of sp³-hybridized carbons (Fsp3) is 0.778. The summed E-state index contributed by atoms with van der Waals surface area (Å²) in [6.45, 7) is 12.4. The molecule has 10 nitrogen and oxygen atoms in total. The van der Waals surface area contributed by atoms with Crippen LogP contribution in [0.3, 0.4) is 0 Å². The number of fused-ring (bicyclic) bond motifs is 1. The number of likely N-dealkylation sites (tertiary alicyclic amines) is 1. The molecule has 0 unspecified atom stereocenters. The van der Waals surface area contributed by atoms with Crippen molar-refractivity contribution >= 4 is 23.8 Å². The van der Waals surface area contributed by atoms with Crippen LogP contribution in [0.15, 0.2) is 25.3 Å². The van der Waals surface area contributed by atoms with Crippen LogP contribution in [0.1, 0.15) is 46.0 Å². The van der Waals surface area contributed by atoms with E-state index in [1.807, 2.05) is 0 Å². The molecule has 38 heavy (non-hydrogen) atoms. The van der Waals surface area contributed by atoms with Gasteiger partial charge in [-0.2, -0.15) is 0 Å². The Morgan fingerprint density at radius 1 is 1.16 bits per heavy atom. The van der Waals surface area contributed by atoms with Gasteiger partial charge in [0.1, 0.15) is 35.9 Å². The number of carboxylic acid groups (broad SMARTS) is 1. The predicted molar refractivity (Wildman–Crippen MR) is 145 cm³/mol. The summed E-state index contributed by atoms with van der Waals surface area (Å²) in [5.41, 5.74) is -0.839. The van der Waals surface area contributed by atoms with E-state index < -0.39 is 60.0 Å². The molecule has 0 aromatic carbocycles. The summed E-state index contributed by atoms with van der Waals surface area (Å²) in [5, 5.41) is 44.6. The third-order valence-electron chi connectivity index (χ3n) is 7.73. The standard InChI is InChI=1S/C27H44N2O8S/c1-5-7-8-18(24-21(31)20(30)22(32)26(37-24)38-11-6-2)28-25(33)19-23-17(14-29(19)27(34)35)13-16(9-10-36-23)12-15(3)4/h5-6,15-24,26,30-32H,1-2,7-14H2,3-4H3,(H,28,33)(H,34,35)/t16-,17-,18+,19-,20-,21+,22+,23+,24+,26+/m0/s1. The molecule has 3 fully saturated rings. The highest BCUT2D eigenvalue weighted by Crippen LogP contribution is 2.38. The minimum atomic E-state index is -1.48. The zero-order valence-electron chi connectivity index (χ0n) is 22.4. The Morgan fingerprint density at radius 2 is 1.89 bits per heavy atom. The topological polar surface area (TPSA) is 149 Å². The van der Waals surface area contributed by atoms with E-state index in [1.54, 1.807) is 12.2 Å². The van der Waals surface area contributed by atoms with Crippen LogP contribution in [0.25, 0.3) is 0 Å². The average Bonchev–Trinajstić information content (AvgIpc) is 3.11. The van der Waals surface area contributed by atoms with E-state index in [9.17, 15) is 30.0 Å². The maximum Gasteiger partial charge on any atom is 0.408 e. The first-order valence-corrected chi connectivity index (χ1v) is 14.6. The van der Waals surface area contributed by atoms with Crippen molar-refractivity contribution in [3.05, 3.63) is 25.3 Å². The highest BCUT2D eigenvalue weighted by molar-refractivity contribution is 7.99. The number of aliphatic hydroxyl groups excluding tert-OH is 3. The summed E-state index contributed by atoms with van der Waals surface area (Å²) in [7, 11) is 0. The molecule has 0 aliphatic carbocycles. The molecule has 216 valence electrons. The summed E-state index contributed by atoms with van der Waals surface area (Å²) in [6, 6.07) is -1.80. The molecule has 3 aliphatic rings. The van der Waals surface area contributed by atoms with E-state index in [0.717, 1.165) is 24.2 Å². The first kappa shape index (κ1) is 30.9. The number of allylic oxidation sites excluding steroid dienone is 1. The van der Waals surface area contributed by atoms with E-state index in [0.29, 0.717) is 37.0 Å². The predicted octanol–water partition coefficient (Wildman–Crippen LogP) is 1.98. The summed E-state index contributed by atoms with van der Waals surface area (Å²) in [5.74, 6) is 0.763. The normalized spacial score (nSPS) is 36.3. The van der Waals surface area contributed by atoms with Crippen LogP contribution in [-0.4, -0.2) is 104 Å². The third-order valence-corrected chi connectivity index (χ3v) is 8.87. The number of thioether (sulfide) groups is 1. The number of nitrogens with zero attached hydrogens (tertiary/aromatic N) is 1. The lowest BCUT2D eigenvalue weighted by atomic mass is 9.85. The zero-order valence-corrected chi connectivity index (χ0v) is 23.2. The van der Waals surface area contributed by atoms with Crippen molar-refractivity contribution in [3.8, 4) is 0 Å². The highest BCUT2D eigenvalue weighted by atomic mass is 32.2. The molecule has 3 aliphatic heterocycles. The molecule has 5 N–H and O–H groups in total. The zero-order chi connectivity index (χ0) is 28.0. The fourth-order valence-corrected chi connectivity index (χ4v) is 6.91. The molecule has 10 atom stereocenters. The molecule has 2 amide bonds. The van der Waals surface area contributed by atoms with Crippen molar-refractivity contribution in [2.75, 3.05) is 18.9 Å². The number of nitrogens with one attached hydrogen (secondary N) is 1. The Labute approximate surface area is 229 Å². The molecule has 0 aromatic heterocycles. The Bertz CT molecular complexity index is 829. The number of ether oxygens (including phenoxy) is 2. The maximum atomic E-state index is 13.7. The lowest BCUT2D eigenvalue weighted by Crippen LogP contribution is -2.64. The summed E-state index contributed by atoms with van der Waals surface area (Å²) in [4.78, 5) is 27.1. The van der Waals surface area contributed by atoms with Gasteiger partial charge < -0.3 is 35.2 Å². The van der Waals surface area contributed by atoms with Gasteiger partial charge in [0.25, 0.3) is 0 Å². The van der Waals surface area contributed by atoms with Gasteiger partial charge in [0.05, 0.1) is 12.1 Å². The summed E-state index contributed by atoms with van der Waals surface area (Å²) in [6.07, 6.45) is -0.212. The van der Waals surface area contributed by atoms with Gasteiger partial charge in [-0.3, -0.25) is 9.69 Å². The number of carbonyl (C=O) groups is 2. The van der Waals surface area contributed by atoms with Crippen molar-refractivity contribution < 1.29 is 39.5 Å². The molecular weight excluding hydrogens is 512 g/mol. The second-order valence-corrected chi connectivity index (χ2v) is 12.2. The number of rotatable bonds is 11. The van der Waals surface area contributed by atoms with Gasteiger partial charge in [0, 0.05) is 24.8 Å². The first-order chi connectivity index (χ1) is 18.1. The highest BCUT2D eigenvalue weighted by Gasteiger charge is 2.52. The van der Waals surface area contributed by atoms with Gasteiger partial charge in [0.15, 0.2) is 0 Å². The van der Waals surface area contributed by atoms with E-state index >= 15 is 0 Å². The van der Waals surface area contributed by atoms with Crippen LogP contribution in [0.4, 0.5) is 4.79 Å². The van der Waals surface area contributed by atoms with Crippen LogP contribution in [0.2, 0.25) is 0 Å². The molecular formula is C27H44N2O8S. The van der Waals surface area contributed by atoms with E-state index in [1.165, 1.54) is 11.8 Å². The molecule has 0 bridgehead atoms. The second-order valence-electron chi connectivity index (χ2n) is 11.0. The van der Waals surface area contributed by atoms with Gasteiger partial charge in [-0.15, -0.1) is 24.9 Å². The van der Waals surface area contributed by atoms with Gasteiger partial charge in [-0.1, -0.05) is 26.0 Å². The lowest BCUT2D eigenvalue weighted by Gasteiger charge is -2.43. The summed E-state index contributed by atoms with van der Waals surface area (Å²) >= 11 is 1.23. The fourth-order valence-electron chi connectivity index (χ4n) is 6.02. The largest absolute Gasteiger partial charge is 0.465 e. The minimum absolute atomic E-state index is 0.0899. The van der Waals surface area contributed by atoms with Gasteiger partial charge in [-0.25, -0.2) is 4.79 Å². The number of aliphatic hydroxyl groups is 3. The second kappa shape index (κ2) is 14.1. The van der Waals surface area contributed by atoms with E-state index in [4.69, 9.17) is 9.47 Å². The number of hydrogen-bond acceptors (Lipinski definition) is 8. The summed E-state index contributed by atoms with van der Waals surface area (Å²) < 4.78 is 12.1. The maximum absolute atomic E-state index is 13.7. The number of hydrogen-bond donors (Lipinski definition) is 5. The molecule has 0 aromatic rings. The molecule has 0 spiro atoms. The minimum Gasteiger partial charge on any atom is -0.465 e. The Balaban J connectivity index is 1.81. The molecule has 0 radical (unpaired) electrons. The van der Waals surface area contributed by atoms with Gasteiger partial charge in [-0.05, 0) is 43.9 Å². The Hall–Kier alpha value is -1.63. The van der Waals surface area contributed by atoms with Crippen molar-refractivity contribution in [1.82, 2.24) is 10.2 Å². The van der Waals surface area contributed by atoms with Gasteiger partial charge >= 0.3 is 6.09 Å². The van der Waals surface area contributed by atoms with Crippen LogP contribution in [0.5, 0.6) is 0 Å². The van der Waals surface area contributed by atoms with E-state index in [-0.39, 0.29) is 12.5 Å². The van der Waals surface area contributed by atoms with Crippen molar-refractivity contribution in [2.24, 2.45) is 17.8 Å². The monoisotopic (exact) mass is 556 g/mol. The molecule has 3 saturated heterocycles. The van der Waals surface area contributed by atoms with Gasteiger partial charge in [0.2, 0.25) is 5.91 Å². The van der Waals surface area contributed by atoms with E-state index in [2.05, 4.69) is 32.3 Å². The first-order valence-electron chi connectivity index (χ1n) is 13.5. The third kappa shape index (κ3) is 7.31. The lowest BCUT2D eigenvalue weighted by molar-refractivity contribution is -0.205. The Kier molecular flexibility index (Phi) is 11.5. The smallest absolute Gasteiger partial charge is 0.408 e. The van der Waals surface area contributed by atoms with Crippen molar-refractivity contribution in [2.45, 2.75) is 94.0 Å².